The maximum Gasteiger partial charge on any atom is 0.414 e. The van der Waals surface area contributed by atoms with Gasteiger partial charge < -0.3 is 19.8 Å². The molecule has 0 spiro atoms. The van der Waals surface area contributed by atoms with E-state index in [1.165, 1.54) is 0 Å². The Morgan fingerprint density at radius 3 is 1.70 bits per heavy atom. The maximum atomic E-state index is 12.7. The van der Waals surface area contributed by atoms with E-state index in [9.17, 15) is 8.42 Å². The Bertz CT molecular complexity index is 953. The third-order valence-corrected chi connectivity index (χ3v) is 6.40. The minimum atomic E-state index is -3.48. The molecule has 0 aliphatic carbocycles. The molecule has 0 fully saturated rings. The number of aryl methyl sites for hydroxylation is 1. The van der Waals surface area contributed by atoms with Gasteiger partial charge in [-0.05, 0) is 75.7 Å². The number of benzene rings is 2. The first-order valence-electron chi connectivity index (χ1n) is 10.8. The summed E-state index contributed by atoms with van der Waals surface area (Å²) in [6.07, 6.45) is 3.29. The average Bonchev–Trinajstić information content (AvgIpc) is 2.78. The van der Waals surface area contributed by atoms with Crippen molar-refractivity contribution in [1.82, 2.24) is 4.90 Å². The third-order valence-electron chi connectivity index (χ3n) is 4.62. The molecular weight excluding hydrogens is 446 g/mol. The quantitative estimate of drug-likeness (QED) is 0.368. The van der Waals surface area contributed by atoms with Crippen molar-refractivity contribution in [3.05, 3.63) is 54.1 Å². The topological polar surface area (TPSA) is 121 Å². The number of nitrogens with zero attached hydrogens (tertiary/aromatic N) is 1. The summed E-state index contributed by atoms with van der Waals surface area (Å²) in [7, 11) is -3.48. The van der Waals surface area contributed by atoms with Crippen molar-refractivity contribution in [3.8, 4) is 5.75 Å². The Morgan fingerprint density at radius 1 is 0.818 bits per heavy atom. The molecule has 9 heteroatoms. The summed E-state index contributed by atoms with van der Waals surface area (Å²) in [5, 5.41) is 14.8. The largest absolute Gasteiger partial charge is 0.494 e. The maximum absolute atomic E-state index is 12.7. The lowest BCUT2D eigenvalue weighted by molar-refractivity contribution is -0.159. The van der Waals surface area contributed by atoms with Gasteiger partial charge in [0.1, 0.15) is 5.75 Å². The number of rotatable bonds is 11. The van der Waals surface area contributed by atoms with Gasteiger partial charge in [0.25, 0.3) is 0 Å². The van der Waals surface area contributed by atoms with Gasteiger partial charge in [0, 0.05) is 6.54 Å². The normalized spacial score (nSPS) is 10.9. The van der Waals surface area contributed by atoms with Gasteiger partial charge in [-0.3, -0.25) is 0 Å². The molecule has 0 saturated heterocycles. The van der Waals surface area contributed by atoms with E-state index in [0.717, 1.165) is 44.5 Å². The molecule has 0 atom stereocenters. The Labute approximate surface area is 195 Å². The number of sulfone groups is 1. The Morgan fingerprint density at radius 2 is 1.27 bits per heavy atom. The molecule has 2 rings (SSSR count). The van der Waals surface area contributed by atoms with Crippen LogP contribution in [0, 0.1) is 6.92 Å². The molecule has 0 amide bonds. The second-order valence-corrected chi connectivity index (χ2v) is 9.39. The summed E-state index contributed by atoms with van der Waals surface area (Å²) < 4.78 is 31.1. The van der Waals surface area contributed by atoms with Gasteiger partial charge in [-0.1, -0.05) is 31.5 Å². The Balaban J connectivity index is 0.000000801. The first-order chi connectivity index (χ1) is 15.6. The van der Waals surface area contributed by atoms with Crippen LogP contribution >= 0.6 is 0 Å². The fourth-order valence-corrected chi connectivity index (χ4v) is 4.28. The number of aliphatic carboxylic acids is 2. The van der Waals surface area contributed by atoms with Gasteiger partial charge >= 0.3 is 11.9 Å². The van der Waals surface area contributed by atoms with E-state index in [-0.39, 0.29) is 4.90 Å². The molecule has 0 heterocycles. The number of carboxylic acids is 2. The number of ether oxygens (including phenoxy) is 1. The monoisotopic (exact) mass is 479 g/mol. The fraction of sp³-hybridized carbons (Fsp3) is 0.417. The molecule has 0 unspecified atom stereocenters. The van der Waals surface area contributed by atoms with Crippen LogP contribution in [0.25, 0.3) is 0 Å². The summed E-state index contributed by atoms with van der Waals surface area (Å²) in [5.74, 6) is -2.94. The summed E-state index contributed by atoms with van der Waals surface area (Å²) in [6.45, 7) is 10.2. The molecule has 2 aromatic carbocycles. The minimum Gasteiger partial charge on any atom is -0.494 e. The van der Waals surface area contributed by atoms with Crippen LogP contribution in [0.5, 0.6) is 5.75 Å². The van der Waals surface area contributed by atoms with Gasteiger partial charge in [0.15, 0.2) is 0 Å². The molecule has 0 aromatic heterocycles. The molecule has 2 N–H and O–H groups in total. The molecule has 0 aliphatic rings. The highest BCUT2D eigenvalue weighted by Crippen LogP contribution is 2.23. The summed E-state index contributed by atoms with van der Waals surface area (Å²) in [6, 6.07) is 13.6. The number of hydrogen-bond acceptors (Lipinski definition) is 6. The summed E-state index contributed by atoms with van der Waals surface area (Å²) >= 11 is 0. The van der Waals surface area contributed by atoms with Crippen molar-refractivity contribution in [3.63, 3.8) is 0 Å². The van der Waals surface area contributed by atoms with E-state index in [1.807, 2.05) is 19.1 Å². The fourth-order valence-electron chi connectivity index (χ4n) is 3.01. The van der Waals surface area contributed by atoms with Crippen LogP contribution in [-0.4, -0.2) is 61.7 Å². The zero-order valence-electron chi connectivity index (χ0n) is 19.4. The third kappa shape index (κ3) is 10.0. The van der Waals surface area contributed by atoms with Crippen molar-refractivity contribution in [1.29, 1.82) is 0 Å². The lowest BCUT2D eigenvalue weighted by atomic mass is 10.2. The molecule has 0 saturated carbocycles. The molecule has 0 radical (unpaired) electrons. The molecule has 2 aromatic rings. The van der Waals surface area contributed by atoms with Crippen LogP contribution in [0.1, 0.15) is 38.7 Å². The predicted octanol–water partition coefficient (Wildman–Crippen LogP) is 3.87. The van der Waals surface area contributed by atoms with Crippen LogP contribution in [0.15, 0.2) is 58.3 Å². The highest BCUT2D eigenvalue weighted by Gasteiger charge is 2.17. The van der Waals surface area contributed by atoms with E-state index < -0.39 is 21.8 Å². The first kappa shape index (κ1) is 28.1. The highest BCUT2D eigenvalue weighted by atomic mass is 32.2. The lowest BCUT2D eigenvalue weighted by Crippen LogP contribution is -2.27. The summed E-state index contributed by atoms with van der Waals surface area (Å²) in [5.41, 5.74) is 1.04. The standard InChI is InChI=1S/C22H31NO3S.C2H2O4/c1-4-15-23(16-5-2)17-6-18-26-20-9-13-22(14-10-20)27(24,25)21-11-7-19(3)8-12-21;3-1(4)2(5)6/h7-14H,4-6,15-18H2,1-3H3;(H,3,4)(H,5,6). The lowest BCUT2D eigenvalue weighted by Gasteiger charge is -2.20. The van der Waals surface area contributed by atoms with E-state index in [0.29, 0.717) is 17.3 Å². The molecule has 0 bridgehead atoms. The molecular formula is C24H33NO7S. The zero-order chi connectivity index (χ0) is 24.9. The highest BCUT2D eigenvalue weighted by molar-refractivity contribution is 7.91. The second kappa shape index (κ2) is 14.3. The van der Waals surface area contributed by atoms with Gasteiger partial charge in [-0.2, -0.15) is 0 Å². The van der Waals surface area contributed by atoms with E-state index >= 15 is 0 Å². The Hall–Kier alpha value is -2.91. The molecule has 8 nitrogen and oxygen atoms in total. The van der Waals surface area contributed by atoms with Crippen LogP contribution in [-0.2, 0) is 19.4 Å². The van der Waals surface area contributed by atoms with Gasteiger partial charge in [0.2, 0.25) is 9.84 Å². The van der Waals surface area contributed by atoms with Crippen molar-refractivity contribution >= 4 is 21.8 Å². The van der Waals surface area contributed by atoms with Crippen molar-refractivity contribution in [2.75, 3.05) is 26.2 Å². The van der Waals surface area contributed by atoms with Gasteiger partial charge in [-0.15, -0.1) is 0 Å². The van der Waals surface area contributed by atoms with Crippen LogP contribution in [0.3, 0.4) is 0 Å². The van der Waals surface area contributed by atoms with Crippen molar-refractivity contribution < 1.29 is 33.0 Å². The van der Waals surface area contributed by atoms with Crippen LogP contribution in [0.2, 0.25) is 0 Å². The smallest absolute Gasteiger partial charge is 0.414 e. The average molecular weight is 480 g/mol. The zero-order valence-corrected chi connectivity index (χ0v) is 20.2. The first-order valence-corrected chi connectivity index (χ1v) is 12.3. The van der Waals surface area contributed by atoms with Crippen molar-refractivity contribution in [2.24, 2.45) is 0 Å². The predicted molar refractivity (Wildman–Crippen MR) is 125 cm³/mol. The molecule has 0 aliphatic heterocycles. The van der Waals surface area contributed by atoms with E-state index in [4.69, 9.17) is 24.5 Å². The number of hydrogen-bond donors (Lipinski definition) is 2. The summed E-state index contributed by atoms with van der Waals surface area (Å²) in [4.78, 5) is 21.3. The van der Waals surface area contributed by atoms with Crippen LogP contribution < -0.4 is 4.74 Å². The molecule has 182 valence electrons. The minimum absolute atomic E-state index is 0.288. The van der Waals surface area contributed by atoms with E-state index in [1.54, 1.807) is 36.4 Å². The Kier molecular flexibility index (Phi) is 12.2. The van der Waals surface area contributed by atoms with Crippen molar-refractivity contribution in [2.45, 2.75) is 49.8 Å². The second-order valence-electron chi connectivity index (χ2n) is 7.44. The SMILES string of the molecule is CCCN(CCC)CCCOc1ccc(S(=O)(=O)c2ccc(C)cc2)cc1.O=C(O)C(=O)O. The number of carbonyl (C=O) groups is 2. The molecule has 33 heavy (non-hydrogen) atoms. The van der Waals surface area contributed by atoms with Crippen LogP contribution in [0.4, 0.5) is 0 Å². The van der Waals surface area contributed by atoms with Gasteiger partial charge in [0.05, 0.1) is 16.4 Å². The van der Waals surface area contributed by atoms with Gasteiger partial charge in [-0.25, -0.2) is 18.0 Å². The van der Waals surface area contributed by atoms with E-state index in [2.05, 4.69) is 18.7 Å². The number of carboxylic acid groups (broad SMARTS) is 2.